The van der Waals surface area contributed by atoms with Crippen molar-refractivity contribution < 1.29 is 14.3 Å². The van der Waals surface area contributed by atoms with Gasteiger partial charge >= 0.3 is 0 Å². The first-order valence-electron chi connectivity index (χ1n) is 6.86. The average molecular weight is 284 g/mol. The zero-order valence-electron chi connectivity index (χ0n) is 11.5. The molecule has 1 aromatic carbocycles. The van der Waals surface area contributed by atoms with E-state index >= 15 is 0 Å². The highest BCUT2D eigenvalue weighted by molar-refractivity contribution is 5.76. The van der Waals surface area contributed by atoms with E-state index in [1.54, 1.807) is 6.20 Å². The molecule has 3 rings (SSSR count). The van der Waals surface area contributed by atoms with Gasteiger partial charge in [0.05, 0.1) is 12.2 Å². The molecular weight excluding hydrogens is 268 g/mol. The number of nitrogens with zero attached hydrogens (tertiary/aromatic N) is 1. The molecule has 1 aromatic heterocycles. The van der Waals surface area contributed by atoms with E-state index in [0.29, 0.717) is 19.4 Å². The maximum absolute atomic E-state index is 11.8. The summed E-state index contributed by atoms with van der Waals surface area (Å²) in [6.45, 7) is 0.726. The Bertz CT molecular complexity index is 629. The average Bonchev–Trinajstić information content (AvgIpc) is 2.99. The van der Waals surface area contributed by atoms with Crippen molar-refractivity contribution in [1.29, 1.82) is 0 Å². The van der Waals surface area contributed by atoms with Crippen LogP contribution >= 0.6 is 0 Å². The molecule has 0 atom stereocenters. The van der Waals surface area contributed by atoms with E-state index in [2.05, 4.69) is 10.3 Å². The van der Waals surface area contributed by atoms with Crippen LogP contribution in [0.15, 0.2) is 42.6 Å². The molecular formula is C16H16N2O3. The Balaban J connectivity index is 1.47. The van der Waals surface area contributed by atoms with Gasteiger partial charge in [0.2, 0.25) is 12.7 Å². The van der Waals surface area contributed by atoms with E-state index in [4.69, 9.17) is 9.47 Å². The van der Waals surface area contributed by atoms with Crippen LogP contribution < -0.4 is 14.8 Å². The fraction of sp³-hybridized carbons (Fsp3) is 0.250. The van der Waals surface area contributed by atoms with Gasteiger partial charge in [0, 0.05) is 12.6 Å². The second kappa shape index (κ2) is 6.26. The quantitative estimate of drug-likeness (QED) is 0.913. The lowest BCUT2D eigenvalue weighted by Gasteiger charge is -2.05. The van der Waals surface area contributed by atoms with Crippen LogP contribution in [-0.4, -0.2) is 17.7 Å². The maximum atomic E-state index is 11.8. The Hall–Kier alpha value is -2.56. The molecule has 0 saturated heterocycles. The number of ether oxygens (including phenoxy) is 2. The van der Waals surface area contributed by atoms with E-state index < -0.39 is 0 Å². The van der Waals surface area contributed by atoms with Crippen LogP contribution in [0.25, 0.3) is 0 Å². The number of nitrogens with one attached hydrogen (secondary N) is 1. The van der Waals surface area contributed by atoms with E-state index in [9.17, 15) is 4.79 Å². The summed E-state index contributed by atoms with van der Waals surface area (Å²) in [5.41, 5.74) is 1.92. The Morgan fingerprint density at radius 3 is 2.95 bits per heavy atom. The summed E-state index contributed by atoms with van der Waals surface area (Å²) in [6, 6.07) is 11.4. The van der Waals surface area contributed by atoms with Crippen molar-refractivity contribution in [2.24, 2.45) is 0 Å². The number of hydrogen-bond acceptors (Lipinski definition) is 4. The fourth-order valence-electron chi connectivity index (χ4n) is 2.13. The van der Waals surface area contributed by atoms with E-state index in [1.165, 1.54) is 0 Å². The second-order valence-corrected chi connectivity index (χ2v) is 4.79. The minimum atomic E-state index is 0.0123. The summed E-state index contributed by atoms with van der Waals surface area (Å²) in [5, 5.41) is 2.86. The Morgan fingerprint density at radius 2 is 2.10 bits per heavy atom. The lowest BCUT2D eigenvalue weighted by atomic mass is 10.1. The van der Waals surface area contributed by atoms with Crippen LogP contribution in [0.3, 0.4) is 0 Å². The number of aryl methyl sites for hydroxylation is 1. The van der Waals surface area contributed by atoms with Crippen molar-refractivity contribution in [3.8, 4) is 11.5 Å². The van der Waals surface area contributed by atoms with E-state index in [1.807, 2.05) is 36.4 Å². The molecule has 21 heavy (non-hydrogen) atoms. The third kappa shape index (κ3) is 3.51. The molecule has 0 saturated carbocycles. The first-order valence-corrected chi connectivity index (χ1v) is 6.86. The SMILES string of the molecule is O=C(CCc1ccc2c(c1)OCO2)NCc1ccccn1. The van der Waals surface area contributed by atoms with Gasteiger partial charge in [-0.3, -0.25) is 9.78 Å². The number of carbonyl (C=O) groups excluding carboxylic acids is 1. The largest absolute Gasteiger partial charge is 0.454 e. The third-order valence-corrected chi connectivity index (χ3v) is 3.27. The monoisotopic (exact) mass is 284 g/mol. The van der Waals surface area contributed by atoms with Crippen molar-refractivity contribution >= 4 is 5.91 Å². The van der Waals surface area contributed by atoms with Crippen molar-refractivity contribution in [3.05, 3.63) is 53.9 Å². The number of pyridine rings is 1. The number of benzene rings is 1. The van der Waals surface area contributed by atoms with Gasteiger partial charge in [0.1, 0.15) is 0 Å². The third-order valence-electron chi connectivity index (χ3n) is 3.27. The number of aromatic nitrogens is 1. The van der Waals surface area contributed by atoms with Crippen molar-refractivity contribution in [3.63, 3.8) is 0 Å². The Labute approximate surface area is 122 Å². The highest BCUT2D eigenvalue weighted by atomic mass is 16.7. The summed E-state index contributed by atoms with van der Waals surface area (Å²) in [4.78, 5) is 16.0. The Morgan fingerprint density at radius 1 is 1.19 bits per heavy atom. The van der Waals surface area contributed by atoms with Crippen LogP contribution in [-0.2, 0) is 17.8 Å². The molecule has 1 aliphatic heterocycles. The predicted molar refractivity (Wildman–Crippen MR) is 77.0 cm³/mol. The highest BCUT2D eigenvalue weighted by Gasteiger charge is 2.13. The Kier molecular flexibility index (Phi) is 4.00. The molecule has 0 unspecified atom stereocenters. The summed E-state index contributed by atoms with van der Waals surface area (Å²) in [7, 11) is 0. The van der Waals surface area contributed by atoms with E-state index in [-0.39, 0.29) is 12.7 Å². The summed E-state index contributed by atoms with van der Waals surface area (Å²) < 4.78 is 10.6. The number of fused-ring (bicyclic) bond motifs is 1. The summed E-state index contributed by atoms with van der Waals surface area (Å²) >= 11 is 0. The number of carbonyl (C=O) groups is 1. The van der Waals surface area contributed by atoms with Gasteiger partial charge in [-0.1, -0.05) is 12.1 Å². The molecule has 0 spiro atoms. The molecule has 1 N–H and O–H groups in total. The summed E-state index contributed by atoms with van der Waals surface area (Å²) in [6.07, 6.45) is 2.82. The number of hydrogen-bond donors (Lipinski definition) is 1. The van der Waals surface area contributed by atoms with Crippen LogP contribution in [0.4, 0.5) is 0 Å². The maximum Gasteiger partial charge on any atom is 0.231 e. The number of amides is 1. The zero-order chi connectivity index (χ0) is 14.5. The minimum Gasteiger partial charge on any atom is -0.454 e. The molecule has 0 fully saturated rings. The smallest absolute Gasteiger partial charge is 0.231 e. The van der Waals surface area contributed by atoms with Gasteiger partial charge in [-0.05, 0) is 36.2 Å². The van der Waals surface area contributed by atoms with Crippen LogP contribution in [0.1, 0.15) is 17.7 Å². The number of rotatable bonds is 5. The molecule has 2 heterocycles. The molecule has 0 radical (unpaired) electrons. The molecule has 1 aliphatic rings. The molecule has 1 amide bonds. The van der Waals surface area contributed by atoms with Crippen LogP contribution in [0, 0.1) is 0 Å². The molecule has 5 nitrogen and oxygen atoms in total. The van der Waals surface area contributed by atoms with Crippen molar-refractivity contribution in [1.82, 2.24) is 10.3 Å². The van der Waals surface area contributed by atoms with Crippen LogP contribution in [0.5, 0.6) is 11.5 Å². The first kappa shape index (κ1) is 13.4. The molecule has 5 heteroatoms. The second-order valence-electron chi connectivity index (χ2n) is 4.79. The van der Waals surface area contributed by atoms with Gasteiger partial charge in [-0.25, -0.2) is 0 Å². The summed E-state index contributed by atoms with van der Waals surface area (Å²) in [5.74, 6) is 1.53. The molecule has 2 aromatic rings. The topological polar surface area (TPSA) is 60.5 Å². The zero-order valence-corrected chi connectivity index (χ0v) is 11.5. The van der Waals surface area contributed by atoms with Gasteiger partial charge < -0.3 is 14.8 Å². The standard InChI is InChI=1S/C16H16N2O3/c19-16(18-10-13-3-1-2-8-17-13)7-5-12-4-6-14-15(9-12)21-11-20-14/h1-4,6,8-9H,5,7,10-11H2,(H,18,19). The van der Waals surface area contributed by atoms with E-state index in [0.717, 1.165) is 22.8 Å². The lowest BCUT2D eigenvalue weighted by Crippen LogP contribution is -2.23. The molecule has 108 valence electrons. The van der Waals surface area contributed by atoms with Crippen LogP contribution in [0.2, 0.25) is 0 Å². The normalized spacial score (nSPS) is 12.2. The van der Waals surface area contributed by atoms with Gasteiger partial charge in [-0.15, -0.1) is 0 Å². The van der Waals surface area contributed by atoms with Crippen molar-refractivity contribution in [2.45, 2.75) is 19.4 Å². The first-order chi connectivity index (χ1) is 10.3. The highest BCUT2D eigenvalue weighted by Crippen LogP contribution is 2.32. The van der Waals surface area contributed by atoms with Crippen molar-refractivity contribution in [2.75, 3.05) is 6.79 Å². The predicted octanol–water partition coefficient (Wildman–Crippen LogP) is 2.06. The minimum absolute atomic E-state index is 0.0123. The van der Waals surface area contributed by atoms with Gasteiger partial charge in [0.15, 0.2) is 11.5 Å². The van der Waals surface area contributed by atoms with Gasteiger partial charge in [0.25, 0.3) is 0 Å². The van der Waals surface area contributed by atoms with Gasteiger partial charge in [-0.2, -0.15) is 0 Å². The fourth-order valence-corrected chi connectivity index (χ4v) is 2.13. The molecule has 0 aliphatic carbocycles. The molecule has 0 bridgehead atoms. The lowest BCUT2D eigenvalue weighted by molar-refractivity contribution is -0.121.